The van der Waals surface area contributed by atoms with Gasteiger partial charge in [-0.3, -0.25) is 13.6 Å². The Hall–Kier alpha value is -0.0900. The molecule has 0 aliphatic rings. The molecule has 1 aromatic carbocycles. The first-order valence-corrected chi connectivity index (χ1v) is 8.42. The first-order valence-electron chi connectivity index (χ1n) is 5.90. The van der Waals surface area contributed by atoms with Crippen molar-refractivity contribution in [3.63, 3.8) is 0 Å². The second kappa shape index (κ2) is 9.76. The van der Waals surface area contributed by atoms with Crippen molar-refractivity contribution < 1.29 is 18.1 Å². The Bertz CT molecular complexity index is 377. The largest absolute Gasteiger partial charge is 0.474 e. The van der Waals surface area contributed by atoms with Crippen LogP contribution in [0.25, 0.3) is 0 Å². The SMILES string of the molecule is O=P(OCCCl)(OCCCl)OCCc1ccccc1. The highest BCUT2D eigenvalue weighted by Crippen LogP contribution is 2.49. The van der Waals surface area contributed by atoms with Crippen molar-refractivity contribution in [2.24, 2.45) is 0 Å². The molecule has 0 heterocycles. The lowest BCUT2D eigenvalue weighted by Crippen LogP contribution is -2.06. The molecular weight excluding hydrogens is 310 g/mol. The van der Waals surface area contributed by atoms with Crippen LogP contribution in [0.15, 0.2) is 30.3 Å². The molecule has 0 atom stereocenters. The predicted octanol–water partition coefficient (Wildman–Crippen LogP) is 3.86. The summed E-state index contributed by atoms with van der Waals surface area (Å²) in [5, 5.41) is 0. The molecule has 0 radical (unpaired) electrons. The van der Waals surface area contributed by atoms with Gasteiger partial charge in [-0.15, -0.1) is 23.2 Å². The van der Waals surface area contributed by atoms with Crippen LogP contribution in [-0.2, 0) is 24.6 Å². The Morgan fingerprint density at radius 3 is 1.95 bits per heavy atom. The Morgan fingerprint density at radius 2 is 1.42 bits per heavy atom. The highest BCUT2D eigenvalue weighted by atomic mass is 35.5. The van der Waals surface area contributed by atoms with E-state index in [2.05, 4.69) is 0 Å². The number of rotatable bonds is 10. The minimum absolute atomic E-state index is 0.104. The molecule has 0 unspecified atom stereocenters. The Morgan fingerprint density at radius 1 is 0.895 bits per heavy atom. The van der Waals surface area contributed by atoms with Gasteiger partial charge in [-0.25, -0.2) is 4.57 Å². The van der Waals surface area contributed by atoms with E-state index in [0.717, 1.165) is 5.56 Å². The number of phosphoric acid groups is 1. The van der Waals surface area contributed by atoms with Crippen molar-refractivity contribution in [2.75, 3.05) is 31.6 Å². The predicted molar refractivity (Wildman–Crippen MR) is 77.0 cm³/mol. The van der Waals surface area contributed by atoms with Gasteiger partial charge in [0.1, 0.15) is 0 Å². The lowest BCUT2D eigenvalue weighted by Gasteiger charge is -2.17. The monoisotopic (exact) mass is 326 g/mol. The van der Waals surface area contributed by atoms with Crippen molar-refractivity contribution in [1.29, 1.82) is 0 Å². The maximum absolute atomic E-state index is 12.1. The molecule has 0 spiro atoms. The maximum atomic E-state index is 12.1. The van der Waals surface area contributed by atoms with Gasteiger partial charge in [-0.1, -0.05) is 30.3 Å². The van der Waals surface area contributed by atoms with Gasteiger partial charge < -0.3 is 0 Å². The van der Waals surface area contributed by atoms with Crippen molar-refractivity contribution in [3.8, 4) is 0 Å². The molecular formula is C12H17Cl2O4P. The first-order chi connectivity index (χ1) is 9.20. The summed E-state index contributed by atoms with van der Waals surface area (Å²) in [6, 6.07) is 9.73. The fourth-order valence-corrected chi connectivity index (χ4v) is 2.86. The summed E-state index contributed by atoms with van der Waals surface area (Å²) in [7, 11) is -3.56. The van der Waals surface area contributed by atoms with E-state index >= 15 is 0 Å². The summed E-state index contributed by atoms with van der Waals surface area (Å²) in [6.45, 7) is 0.449. The number of hydrogen-bond acceptors (Lipinski definition) is 4. The van der Waals surface area contributed by atoms with Gasteiger partial charge in [0.05, 0.1) is 19.8 Å². The van der Waals surface area contributed by atoms with Crippen molar-refractivity contribution in [2.45, 2.75) is 6.42 Å². The molecule has 0 aliphatic heterocycles. The van der Waals surface area contributed by atoms with Crippen LogP contribution in [0, 0.1) is 0 Å². The van der Waals surface area contributed by atoms with E-state index in [-0.39, 0.29) is 31.6 Å². The van der Waals surface area contributed by atoms with Gasteiger partial charge in [0.2, 0.25) is 0 Å². The summed E-state index contributed by atoms with van der Waals surface area (Å²) in [5.41, 5.74) is 1.09. The van der Waals surface area contributed by atoms with Crippen molar-refractivity contribution in [1.82, 2.24) is 0 Å². The van der Waals surface area contributed by atoms with Crippen molar-refractivity contribution in [3.05, 3.63) is 35.9 Å². The summed E-state index contributed by atoms with van der Waals surface area (Å²) >= 11 is 11.0. The van der Waals surface area contributed by atoms with Crippen LogP contribution in [-0.4, -0.2) is 31.6 Å². The first kappa shape index (κ1) is 17.0. The molecule has 0 saturated heterocycles. The van der Waals surface area contributed by atoms with Gasteiger partial charge in [0, 0.05) is 11.8 Å². The normalized spacial score (nSPS) is 11.7. The highest BCUT2D eigenvalue weighted by Gasteiger charge is 2.25. The summed E-state index contributed by atoms with van der Waals surface area (Å²) in [5.74, 6) is 0.437. The van der Waals surface area contributed by atoms with E-state index in [0.29, 0.717) is 6.42 Å². The van der Waals surface area contributed by atoms with Crippen LogP contribution in [0.1, 0.15) is 5.56 Å². The molecule has 4 nitrogen and oxygen atoms in total. The topological polar surface area (TPSA) is 44.8 Å². The molecule has 0 amide bonds. The van der Waals surface area contributed by atoms with Crippen LogP contribution in [0.2, 0.25) is 0 Å². The minimum Gasteiger partial charge on any atom is -0.287 e. The average Bonchev–Trinajstić information content (AvgIpc) is 2.44. The van der Waals surface area contributed by atoms with E-state index < -0.39 is 7.82 Å². The number of alkyl halides is 2. The van der Waals surface area contributed by atoms with Crippen molar-refractivity contribution >= 4 is 31.0 Å². The molecule has 0 aliphatic carbocycles. The third-order valence-corrected chi connectivity index (χ3v) is 3.94. The molecule has 0 aromatic heterocycles. The van der Waals surface area contributed by atoms with Crippen LogP contribution in [0.5, 0.6) is 0 Å². The fourth-order valence-electron chi connectivity index (χ4n) is 1.32. The zero-order valence-corrected chi connectivity index (χ0v) is 12.9. The smallest absolute Gasteiger partial charge is 0.287 e. The Kier molecular flexibility index (Phi) is 8.71. The highest BCUT2D eigenvalue weighted by molar-refractivity contribution is 7.48. The molecule has 0 fully saturated rings. The van der Waals surface area contributed by atoms with Gasteiger partial charge >= 0.3 is 7.82 Å². The van der Waals surface area contributed by atoms with Gasteiger partial charge in [-0.05, 0) is 12.0 Å². The van der Waals surface area contributed by atoms with E-state index in [1.807, 2.05) is 30.3 Å². The molecule has 108 valence electrons. The van der Waals surface area contributed by atoms with E-state index in [9.17, 15) is 4.57 Å². The second-order valence-electron chi connectivity index (χ2n) is 3.56. The van der Waals surface area contributed by atoms with E-state index in [4.69, 9.17) is 36.8 Å². The molecule has 1 rings (SSSR count). The van der Waals surface area contributed by atoms with E-state index in [1.165, 1.54) is 0 Å². The van der Waals surface area contributed by atoms with Gasteiger partial charge in [-0.2, -0.15) is 0 Å². The lowest BCUT2D eigenvalue weighted by atomic mass is 10.2. The number of halogens is 2. The second-order valence-corrected chi connectivity index (χ2v) is 5.99. The lowest BCUT2D eigenvalue weighted by molar-refractivity contribution is 0.124. The molecule has 1 aromatic rings. The quantitative estimate of drug-likeness (QED) is 0.483. The third kappa shape index (κ3) is 7.31. The summed E-state index contributed by atoms with van der Waals surface area (Å²) in [4.78, 5) is 0. The zero-order chi connectivity index (χ0) is 14.0. The Labute approximate surface area is 123 Å². The molecule has 0 saturated carbocycles. The minimum atomic E-state index is -3.56. The zero-order valence-electron chi connectivity index (χ0n) is 10.5. The number of phosphoric ester groups is 1. The average molecular weight is 327 g/mol. The third-order valence-electron chi connectivity index (χ3n) is 2.14. The number of benzene rings is 1. The van der Waals surface area contributed by atoms with Crippen LogP contribution >= 0.6 is 31.0 Å². The van der Waals surface area contributed by atoms with Crippen LogP contribution in [0.4, 0.5) is 0 Å². The number of hydrogen-bond donors (Lipinski definition) is 0. The van der Waals surface area contributed by atoms with Gasteiger partial charge in [0.15, 0.2) is 0 Å². The fraction of sp³-hybridized carbons (Fsp3) is 0.500. The van der Waals surface area contributed by atoms with E-state index in [1.54, 1.807) is 0 Å². The molecule has 0 N–H and O–H groups in total. The Balaban J connectivity index is 2.41. The maximum Gasteiger partial charge on any atom is 0.474 e. The standard InChI is InChI=1S/C12H17Cl2O4P/c13-7-10-17-19(15,18-11-8-14)16-9-6-12-4-2-1-3-5-12/h1-5H,6-11H2. The van der Waals surface area contributed by atoms with Crippen LogP contribution < -0.4 is 0 Å². The summed E-state index contributed by atoms with van der Waals surface area (Å²) < 4.78 is 27.4. The van der Waals surface area contributed by atoms with Gasteiger partial charge in [0.25, 0.3) is 0 Å². The molecule has 7 heteroatoms. The molecule has 19 heavy (non-hydrogen) atoms. The van der Waals surface area contributed by atoms with Crippen LogP contribution in [0.3, 0.4) is 0 Å². The molecule has 0 bridgehead atoms. The summed E-state index contributed by atoms with van der Waals surface area (Å²) in [6.07, 6.45) is 0.624.